The van der Waals surface area contributed by atoms with Crippen molar-refractivity contribution in [3.05, 3.63) is 30.3 Å². The minimum absolute atomic E-state index is 0. The van der Waals surface area contributed by atoms with Crippen LogP contribution in [0.15, 0.2) is 30.3 Å². The van der Waals surface area contributed by atoms with Gasteiger partial charge >= 0.3 is 6.16 Å². The van der Waals surface area contributed by atoms with Crippen LogP contribution in [0.25, 0.3) is 0 Å². The third kappa shape index (κ3) is 3.47. The van der Waals surface area contributed by atoms with Gasteiger partial charge in [0.05, 0.1) is 0 Å². The van der Waals surface area contributed by atoms with Crippen LogP contribution in [0.2, 0.25) is 0 Å². The summed E-state index contributed by atoms with van der Waals surface area (Å²) >= 11 is 0. The van der Waals surface area contributed by atoms with Gasteiger partial charge in [0.25, 0.3) is 0 Å². The number of hydrogen-bond acceptors (Lipinski definition) is 2. The fourth-order valence-electron chi connectivity index (χ4n) is 0.589. The first-order valence-electron chi connectivity index (χ1n) is 2.75. The van der Waals surface area contributed by atoms with Gasteiger partial charge in [0.2, 0.25) is 0 Å². The van der Waals surface area contributed by atoms with Gasteiger partial charge in [-0.15, -0.1) is 12.4 Å². The van der Waals surface area contributed by atoms with Crippen LogP contribution in [0.5, 0.6) is 5.75 Å². The molecule has 1 aromatic rings. The maximum Gasteiger partial charge on any atom is 0.511 e. The van der Waals surface area contributed by atoms with Crippen LogP contribution < -0.4 is 4.74 Å². The van der Waals surface area contributed by atoms with Crippen LogP contribution in [0.3, 0.4) is 0 Å². The summed E-state index contributed by atoms with van der Waals surface area (Å²) in [6.45, 7) is 0. The maximum absolute atomic E-state index is 9.95. The minimum atomic E-state index is -1.29. The van der Waals surface area contributed by atoms with Gasteiger partial charge in [0.1, 0.15) is 5.75 Å². The number of rotatable bonds is 1. The Hall–Kier alpha value is -1.22. The molecule has 3 nitrogen and oxygen atoms in total. The van der Waals surface area contributed by atoms with Crippen LogP contribution in [-0.2, 0) is 0 Å². The summed E-state index contributed by atoms with van der Waals surface area (Å²) in [4.78, 5) is 9.95. The van der Waals surface area contributed by atoms with Crippen LogP contribution in [-0.4, -0.2) is 11.3 Å². The summed E-state index contributed by atoms with van der Waals surface area (Å²) in [5.74, 6) is 0.343. The lowest BCUT2D eigenvalue weighted by atomic mass is 10.3. The molecule has 1 aromatic carbocycles. The Bertz CT molecular complexity index is 222. The molecule has 0 heterocycles. The first-order chi connectivity index (χ1) is 4.79. The van der Waals surface area contributed by atoms with Gasteiger partial charge in [-0.05, 0) is 12.1 Å². The molecule has 0 fully saturated rings. The highest BCUT2D eigenvalue weighted by molar-refractivity contribution is 5.85. The van der Waals surface area contributed by atoms with Crippen molar-refractivity contribution in [2.75, 3.05) is 0 Å². The first kappa shape index (κ1) is 9.78. The van der Waals surface area contributed by atoms with E-state index in [0.29, 0.717) is 5.75 Å². The van der Waals surface area contributed by atoms with Crippen LogP contribution in [0.4, 0.5) is 4.79 Å². The standard InChI is InChI=1S/C7H6O3.ClH/c8-7(9)10-6-4-2-1-3-5-6;/h1-5H,(H,8,9);1H. The SMILES string of the molecule is Cl.O=C(O)Oc1ccccc1. The van der Waals surface area contributed by atoms with E-state index in [-0.39, 0.29) is 12.4 Å². The average molecular weight is 175 g/mol. The Labute approximate surface area is 70.0 Å². The zero-order valence-corrected chi connectivity index (χ0v) is 6.38. The van der Waals surface area contributed by atoms with E-state index in [2.05, 4.69) is 4.74 Å². The lowest BCUT2D eigenvalue weighted by Gasteiger charge is -1.95. The van der Waals surface area contributed by atoms with Crippen LogP contribution >= 0.6 is 12.4 Å². The second-order valence-corrected chi connectivity index (χ2v) is 1.68. The molecule has 0 unspecified atom stereocenters. The van der Waals surface area contributed by atoms with E-state index < -0.39 is 6.16 Å². The van der Waals surface area contributed by atoms with Crippen molar-refractivity contribution in [3.8, 4) is 5.75 Å². The first-order valence-corrected chi connectivity index (χ1v) is 2.75. The quantitative estimate of drug-likeness (QED) is 0.524. The highest BCUT2D eigenvalue weighted by Gasteiger charge is 1.96. The summed E-state index contributed by atoms with van der Waals surface area (Å²) in [6.07, 6.45) is -1.29. The number of carboxylic acid groups (broad SMARTS) is 1. The van der Waals surface area contributed by atoms with Crippen LogP contribution in [0.1, 0.15) is 0 Å². The van der Waals surface area contributed by atoms with E-state index in [1.807, 2.05) is 0 Å². The molecule has 0 aliphatic carbocycles. The number of carbonyl (C=O) groups is 1. The van der Waals surface area contributed by atoms with Gasteiger partial charge in [0, 0.05) is 0 Å². The smallest absolute Gasteiger partial charge is 0.449 e. The molecule has 11 heavy (non-hydrogen) atoms. The molecule has 0 amide bonds. The zero-order chi connectivity index (χ0) is 7.40. The molecule has 0 aliphatic heterocycles. The van der Waals surface area contributed by atoms with Gasteiger partial charge in [-0.25, -0.2) is 4.79 Å². The van der Waals surface area contributed by atoms with Crippen molar-refractivity contribution in [1.82, 2.24) is 0 Å². The van der Waals surface area contributed by atoms with Gasteiger partial charge in [-0.1, -0.05) is 18.2 Å². The van der Waals surface area contributed by atoms with Gasteiger partial charge < -0.3 is 9.84 Å². The Morgan fingerprint density at radius 3 is 2.27 bits per heavy atom. The molecular formula is C7H7ClO3. The number of para-hydroxylation sites is 1. The summed E-state index contributed by atoms with van der Waals surface area (Å²) in [7, 11) is 0. The molecule has 0 saturated heterocycles. The number of hydrogen-bond donors (Lipinski definition) is 1. The van der Waals surface area contributed by atoms with Crippen molar-refractivity contribution in [1.29, 1.82) is 0 Å². The Balaban J connectivity index is 0.000001000. The van der Waals surface area contributed by atoms with Gasteiger partial charge in [-0.3, -0.25) is 0 Å². The second kappa shape index (κ2) is 4.57. The van der Waals surface area contributed by atoms with E-state index in [4.69, 9.17) is 5.11 Å². The molecule has 0 saturated carbocycles. The van der Waals surface area contributed by atoms with E-state index in [9.17, 15) is 4.79 Å². The predicted molar refractivity (Wildman–Crippen MR) is 42.3 cm³/mol. The molecule has 60 valence electrons. The molecule has 0 aliphatic rings. The van der Waals surface area contributed by atoms with E-state index >= 15 is 0 Å². The normalized spacial score (nSPS) is 8.00. The fourth-order valence-corrected chi connectivity index (χ4v) is 0.589. The largest absolute Gasteiger partial charge is 0.511 e. The van der Waals surface area contributed by atoms with Crippen LogP contribution in [0, 0.1) is 0 Å². The summed E-state index contributed by atoms with van der Waals surface area (Å²) < 4.78 is 4.33. The topological polar surface area (TPSA) is 46.5 Å². The zero-order valence-electron chi connectivity index (χ0n) is 5.56. The molecule has 0 atom stereocenters. The molecule has 0 radical (unpaired) electrons. The third-order valence-corrected chi connectivity index (χ3v) is 0.948. The maximum atomic E-state index is 9.95. The lowest BCUT2D eigenvalue weighted by molar-refractivity contribution is 0.144. The van der Waals surface area contributed by atoms with E-state index in [0.717, 1.165) is 0 Å². The summed E-state index contributed by atoms with van der Waals surface area (Å²) in [6, 6.07) is 8.35. The molecule has 0 bridgehead atoms. The highest BCUT2D eigenvalue weighted by atomic mass is 35.5. The molecular weight excluding hydrogens is 168 g/mol. The highest BCUT2D eigenvalue weighted by Crippen LogP contribution is 2.07. The van der Waals surface area contributed by atoms with Crippen molar-refractivity contribution in [2.24, 2.45) is 0 Å². The summed E-state index contributed by atoms with van der Waals surface area (Å²) in [5, 5.41) is 8.14. The average Bonchev–Trinajstić information content (AvgIpc) is 1.88. The van der Waals surface area contributed by atoms with E-state index in [1.165, 1.54) is 0 Å². The predicted octanol–water partition coefficient (Wildman–Crippen LogP) is 2.17. The van der Waals surface area contributed by atoms with Crippen molar-refractivity contribution < 1.29 is 14.6 Å². The van der Waals surface area contributed by atoms with E-state index in [1.54, 1.807) is 30.3 Å². The second-order valence-electron chi connectivity index (χ2n) is 1.68. The number of ether oxygens (including phenoxy) is 1. The third-order valence-electron chi connectivity index (χ3n) is 0.948. The molecule has 0 aromatic heterocycles. The lowest BCUT2D eigenvalue weighted by Crippen LogP contribution is -2.02. The van der Waals surface area contributed by atoms with Crippen molar-refractivity contribution >= 4 is 18.6 Å². The Kier molecular flexibility index (Phi) is 4.07. The number of halogens is 1. The molecule has 1 rings (SSSR count). The Morgan fingerprint density at radius 1 is 1.27 bits per heavy atom. The van der Waals surface area contributed by atoms with Crippen molar-refractivity contribution in [2.45, 2.75) is 0 Å². The molecule has 0 spiro atoms. The molecule has 4 heteroatoms. The van der Waals surface area contributed by atoms with Crippen molar-refractivity contribution in [3.63, 3.8) is 0 Å². The fraction of sp³-hybridized carbons (Fsp3) is 0. The Morgan fingerprint density at radius 2 is 1.82 bits per heavy atom. The monoisotopic (exact) mass is 174 g/mol. The minimum Gasteiger partial charge on any atom is -0.449 e. The van der Waals surface area contributed by atoms with Gasteiger partial charge in [-0.2, -0.15) is 0 Å². The van der Waals surface area contributed by atoms with Gasteiger partial charge in [0.15, 0.2) is 0 Å². The molecule has 1 N–H and O–H groups in total. The summed E-state index contributed by atoms with van der Waals surface area (Å²) in [5.41, 5.74) is 0. The number of benzene rings is 1.